The summed E-state index contributed by atoms with van der Waals surface area (Å²) >= 11 is 11.9. The van der Waals surface area contributed by atoms with Gasteiger partial charge >= 0.3 is 0 Å². The zero-order valence-electron chi connectivity index (χ0n) is 14.6. The van der Waals surface area contributed by atoms with E-state index >= 15 is 0 Å². The summed E-state index contributed by atoms with van der Waals surface area (Å²) < 4.78 is 0. The van der Waals surface area contributed by atoms with Gasteiger partial charge in [0.15, 0.2) is 0 Å². The average Bonchev–Trinajstić information content (AvgIpc) is 2.40. The summed E-state index contributed by atoms with van der Waals surface area (Å²) in [5.74, 6) is -0.541. The van der Waals surface area contributed by atoms with Gasteiger partial charge in [-0.05, 0) is 43.9 Å². The van der Waals surface area contributed by atoms with Crippen LogP contribution in [0, 0.1) is 16.7 Å². The van der Waals surface area contributed by atoms with E-state index < -0.39 is 5.91 Å². The fourth-order valence-corrected chi connectivity index (χ4v) is 2.91. The number of carbonyl (C=O) groups excluding carboxylic acids is 1. The number of halogens is 2. The van der Waals surface area contributed by atoms with Crippen molar-refractivity contribution in [2.45, 2.75) is 46.6 Å². The Morgan fingerprint density at radius 1 is 1.25 bits per heavy atom. The van der Waals surface area contributed by atoms with Crippen LogP contribution in [0.2, 0.25) is 10.0 Å². The second-order valence-corrected chi connectivity index (χ2v) is 8.36. The number of amides is 1. The number of benzene rings is 1. The largest absolute Gasteiger partial charge is 0.385 e. The quantitative estimate of drug-likeness (QED) is 0.558. The van der Waals surface area contributed by atoms with Gasteiger partial charge in [0.05, 0.1) is 10.7 Å². The van der Waals surface area contributed by atoms with Gasteiger partial charge in [-0.25, -0.2) is 0 Å². The lowest BCUT2D eigenvalue weighted by Gasteiger charge is -2.33. The Bertz CT molecular complexity index is 682. The number of nitriles is 1. The summed E-state index contributed by atoms with van der Waals surface area (Å²) in [6.45, 7) is 10.5. The number of nitrogens with one attached hydrogen (secondary N) is 2. The Labute approximate surface area is 153 Å². The molecule has 0 spiro atoms. The Hall–Kier alpha value is -1.70. The highest BCUT2D eigenvalue weighted by atomic mass is 35.5. The summed E-state index contributed by atoms with van der Waals surface area (Å²) in [6, 6.07) is 6.64. The lowest BCUT2D eigenvalue weighted by molar-refractivity contribution is -0.112. The molecule has 0 fully saturated rings. The molecule has 0 aliphatic carbocycles. The molecular formula is C18H23Cl2N3O. The van der Waals surface area contributed by atoms with E-state index in [0.717, 1.165) is 6.42 Å². The SMILES string of the molecule is CC(C)(C)CC(C)(C)N/C=C(/C#N)C(=O)Nc1cc(Cl)ccc1Cl. The lowest BCUT2D eigenvalue weighted by Crippen LogP contribution is -2.39. The van der Waals surface area contributed by atoms with E-state index in [-0.39, 0.29) is 16.5 Å². The van der Waals surface area contributed by atoms with E-state index in [1.54, 1.807) is 12.1 Å². The van der Waals surface area contributed by atoms with Crippen LogP contribution in [0.1, 0.15) is 41.0 Å². The second kappa shape index (κ2) is 7.92. The van der Waals surface area contributed by atoms with Crippen LogP contribution in [0.4, 0.5) is 5.69 Å². The van der Waals surface area contributed by atoms with Crippen molar-refractivity contribution in [1.82, 2.24) is 5.32 Å². The molecule has 24 heavy (non-hydrogen) atoms. The molecule has 1 rings (SSSR count). The Balaban J connectivity index is 2.87. The van der Waals surface area contributed by atoms with Gasteiger partial charge in [-0.1, -0.05) is 44.0 Å². The van der Waals surface area contributed by atoms with E-state index in [0.29, 0.717) is 15.7 Å². The molecule has 1 aromatic rings. The van der Waals surface area contributed by atoms with E-state index in [1.165, 1.54) is 12.3 Å². The summed E-state index contributed by atoms with van der Waals surface area (Å²) in [4.78, 5) is 12.3. The van der Waals surface area contributed by atoms with Crippen molar-refractivity contribution in [3.05, 3.63) is 40.0 Å². The molecule has 0 atom stereocenters. The van der Waals surface area contributed by atoms with Gasteiger partial charge in [0.25, 0.3) is 5.91 Å². The first-order chi connectivity index (χ1) is 10.9. The summed E-state index contributed by atoms with van der Waals surface area (Å²) in [5.41, 5.74) is 0.194. The molecule has 0 aliphatic rings. The van der Waals surface area contributed by atoms with Crippen molar-refractivity contribution in [2.24, 2.45) is 5.41 Å². The first-order valence-corrected chi connectivity index (χ1v) is 8.33. The standard InChI is InChI=1S/C18H23Cl2N3O/c1-17(2,3)11-18(4,5)22-10-12(9-21)16(24)23-15-8-13(19)6-7-14(15)20/h6-8,10,22H,11H2,1-5H3,(H,23,24)/b12-10-. The number of hydrogen-bond acceptors (Lipinski definition) is 3. The number of hydrogen-bond donors (Lipinski definition) is 2. The van der Waals surface area contributed by atoms with Crippen molar-refractivity contribution >= 4 is 34.8 Å². The van der Waals surface area contributed by atoms with Crippen LogP contribution in [-0.4, -0.2) is 11.4 Å². The Morgan fingerprint density at radius 3 is 2.42 bits per heavy atom. The van der Waals surface area contributed by atoms with E-state index in [9.17, 15) is 10.1 Å². The smallest absolute Gasteiger partial charge is 0.267 e. The molecule has 0 heterocycles. The van der Waals surface area contributed by atoms with E-state index in [4.69, 9.17) is 23.2 Å². The van der Waals surface area contributed by atoms with Gasteiger partial charge in [0.1, 0.15) is 11.6 Å². The maximum Gasteiger partial charge on any atom is 0.267 e. The predicted octanol–water partition coefficient (Wildman–Crippen LogP) is 5.14. The van der Waals surface area contributed by atoms with Crippen LogP contribution >= 0.6 is 23.2 Å². The van der Waals surface area contributed by atoms with Crippen molar-refractivity contribution in [3.8, 4) is 6.07 Å². The second-order valence-electron chi connectivity index (χ2n) is 7.51. The first kappa shape index (κ1) is 20.3. The van der Waals surface area contributed by atoms with Crippen LogP contribution in [-0.2, 0) is 4.79 Å². The molecule has 0 aromatic heterocycles. The van der Waals surface area contributed by atoms with Crippen LogP contribution in [0.15, 0.2) is 30.0 Å². The molecule has 1 aromatic carbocycles. The van der Waals surface area contributed by atoms with Gasteiger partial charge in [0, 0.05) is 16.8 Å². The van der Waals surface area contributed by atoms with Crippen molar-refractivity contribution in [1.29, 1.82) is 5.26 Å². The minimum atomic E-state index is -0.541. The maximum absolute atomic E-state index is 12.3. The molecule has 0 radical (unpaired) electrons. The minimum absolute atomic E-state index is 0.0342. The van der Waals surface area contributed by atoms with Gasteiger partial charge < -0.3 is 10.6 Å². The van der Waals surface area contributed by atoms with Gasteiger partial charge in [0.2, 0.25) is 0 Å². The molecule has 0 saturated carbocycles. The predicted molar refractivity (Wildman–Crippen MR) is 100 cm³/mol. The lowest BCUT2D eigenvalue weighted by atomic mass is 9.82. The zero-order chi connectivity index (χ0) is 18.5. The zero-order valence-corrected chi connectivity index (χ0v) is 16.1. The van der Waals surface area contributed by atoms with Gasteiger partial charge in [-0.2, -0.15) is 5.26 Å². The average molecular weight is 368 g/mol. The van der Waals surface area contributed by atoms with Crippen molar-refractivity contribution in [3.63, 3.8) is 0 Å². The summed E-state index contributed by atoms with van der Waals surface area (Å²) in [6.07, 6.45) is 2.32. The highest BCUT2D eigenvalue weighted by Crippen LogP contribution is 2.27. The van der Waals surface area contributed by atoms with Crippen LogP contribution in [0.3, 0.4) is 0 Å². The topological polar surface area (TPSA) is 64.9 Å². The van der Waals surface area contributed by atoms with E-state index in [2.05, 4.69) is 31.4 Å². The third-order valence-electron chi connectivity index (χ3n) is 3.12. The molecule has 4 nitrogen and oxygen atoms in total. The molecule has 2 N–H and O–H groups in total. The van der Waals surface area contributed by atoms with Gasteiger partial charge in [-0.3, -0.25) is 4.79 Å². The van der Waals surface area contributed by atoms with Crippen molar-refractivity contribution < 1.29 is 4.79 Å². The van der Waals surface area contributed by atoms with Crippen LogP contribution in [0.25, 0.3) is 0 Å². The Kier molecular flexibility index (Phi) is 6.71. The molecule has 130 valence electrons. The van der Waals surface area contributed by atoms with Crippen LogP contribution in [0.5, 0.6) is 0 Å². The molecule has 0 bridgehead atoms. The molecule has 6 heteroatoms. The first-order valence-electron chi connectivity index (χ1n) is 7.58. The highest BCUT2D eigenvalue weighted by Gasteiger charge is 2.24. The van der Waals surface area contributed by atoms with Crippen LogP contribution < -0.4 is 10.6 Å². The third-order valence-corrected chi connectivity index (χ3v) is 3.69. The molecule has 0 saturated heterocycles. The Morgan fingerprint density at radius 2 is 1.88 bits per heavy atom. The monoisotopic (exact) mass is 367 g/mol. The fourth-order valence-electron chi connectivity index (χ4n) is 2.58. The molecule has 0 unspecified atom stereocenters. The normalized spacial score (nSPS) is 12.5. The highest BCUT2D eigenvalue weighted by molar-refractivity contribution is 6.35. The number of rotatable bonds is 5. The number of carbonyl (C=O) groups is 1. The number of nitrogens with zero attached hydrogens (tertiary/aromatic N) is 1. The molecular weight excluding hydrogens is 345 g/mol. The third kappa shape index (κ3) is 6.82. The number of anilines is 1. The van der Waals surface area contributed by atoms with Crippen molar-refractivity contribution in [2.75, 3.05) is 5.32 Å². The summed E-state index contributed by atoms with van der Waals surface area (Å²) in [5, 5.41) is 15.8. The molecule has 0 aliphatic heterocycles. The summed E-state index contributed by atoms with van der Waals surface area (Å²) in [7, 11) is 0. The molecule has 1 amide bonds. The minimum Gasteiger partial charge on any atom is -0.385 e. The fraction of sp³-hybridized carbons (Fsp3) is 0.444. The van der Waals surface area contributed by atoms with E-state index in [1.807, 2.05) is 19.9 Å². The van der Waals surface area contributed by atoms with Gasteiger partial charge in [-0.15, -0.1) is 0 Å². The maximum atomic E-state index is 12.3.